The van der Waals surface area contributed by atoms with Gasteiger partial charge in [0.05, 0.1) is 13.2 Å². The van der Waals surface area contributed by atoms with Gasteiger partial charge >= 0.3 is 0 Å². The van der Waals surface area contributed by atoms with Gasteiger partial charge in [0.15, 0.2) is 0 Å². The fourth-order valence-electron chi connectivity index (χ4n) is 3.45. The number of para-hydroxylation sites is 1. The Morgan fingerprint density at radius 3 is 2.63 bits per heavy atom. The quantitative estimate of drug-likeness (QED) is 0.608. The van der Waals surface area contributed by atoms with E-state index >= 15 is 0 Å². The van der Waals surface area contributed by atoms with E-state index in [1.54, 1.807) is 0 Å². The molecule has 4 nitrogen and oxygen atoms in total. The van der Waals surface area contributed by atoms with E-state index in [0.717, 1.165) is 42.1 Å². The molecular weight excluding hydrogens is 336 g/mol. The van der Waals surface area contributed by atoms with Gasteiger partial charge in [-0.05, 0) is 54.4 Å². The van der Waals surface area contributed by atoms with Crippen molar-refractivity contribution < 1.29 is 9.53 Å². The van der Waals surface area contributed by atoms with Crippen LogP contribution in [0.15, 0.2) is 66.9 Å². The van der Waals surface area contributed by atoms with Gasteiger partial charge in [-0.25, -0.2) is 0 Å². The lowest BCUT2D eigenvalue weighted by atomic mass is 10.1. The molecule has 1 amide bonds. The third-order valence-corrected chi connectivity index (χ3v) is 4.98. The van der Waals surface area contributed by atoms with Gasteiger partial charge in [-0.2, -0.15) is 0 Å². The van der Waals surface area contributed by atoms with Gasteiger partial charge < -0.3 is 14.2 Å². The molecule has 3 aromatic rings. The summed E-state index contributed by atoms with van der Waals surface area (Å²) < 4.78 is 7.92. The Morgan fingerprint density at radius 2 is 1.81 bits per heavy atom. The summed E-state index contributed by atoms with van der Waals surface area (Å²) in [6.07, 6.45) is 4.21. The average molecular weight is 360 g/mol. The van der Waals surface area contributed by atoms with Crippen LogP contribution in [0.25, 0.3) is 0 Å². The van der Waals surface area contributed by atoms with E-state index in [9.17, 15) is 4.79 Å². The molecule has 0 atom stereocenters. The summed E-state index contributed by atoms with van der Waals surface area (Å²) in [5.41, 5.74) is 3.95. The third-order valence-electron chi connectivity index (χ3n) is 4.98. The molecule has 0 radical (unpaired) electrons. The van der Waals surface area contributed by atoms with E-state index in [-0.39, 0.29) is 5.91 Å². The fraction of sp³-hybridized carbons (Fsp3) is 0.261. The van der Waals surface area contributed by atoms with Crippen LogP contribution in [0.2, 0.25) is 0 Å². The van der Waals surface area contributed by atoms with Crippen LogP contribution in [0, 0.1) is 0 Å². The Labute approximate surface area is 160 Å². The monoisotopic (exact) mass is 360 g/mol. The van der Waals surface area contributed by atoms with Gasteiger partial charge in [0, 0.05) is 29.7 Å². The van der Waals surface area contributed by atoms with E-state index in [4.69, 9.17) is 4.74 Å². The molecule has 0 unspecified atom stereocenters. The zero-order chi connectivity index (χ0) is 18.6. The number of rotatable bonds is 5. The molecule has 1 aliphatic rings. The first-order valence-corrected chi connectivity index (χ1v) is 9.53. The maximum absolute atomic E-state index is 13.3. The van der Waals surface area contributed by atoms with Crippen molar-refractivity contribution in [1.82, 2.24) is 4.57 Å². The highest BCUT2D eigenvalue weighted by molar-refractivity contribution is 6.06. The van der Waals surface area contributed by atoms with Crippen molar-refractivity contribution in [2.45, 2.75) is 32.9 Å². The van der Waals surface area contributed by atoms with Crippen LogP contribution < -0.4 is 9.64 Å². The summed E-state index contributed by atoms with van der Waals surface area (Å²) in [4.78, 5) is 15.2. The number of ether oxygens (including phenoxy) is 1. The van der Waals surface area contributed by atoms with Gasteiger partial charge in [0.1, 0.15) is 5.75 Å². The molecule has 2 heterocycles. The van der Waals surface area contributed by atoms with E-state index in [1.165, 1.54) is 0 Å². The van der Waals surface area contributed by atoms with E-state index in [2.05, 4.69) is 29.8 Å². The molecule has 0 saturated heterocycles. The van der Waals surface area contributed by atoms with Crippen molar-refractivity contribution in [1.29, 1.82) is 0 Å². The lowest BCUT2D eigenvalue weighted by Crippen LogP contribution is -2.30. The second kappa shape index (κ2) is 7.70. The minimum atomic E-state index is 0.0113. The Balaban J connectivity index is 1.61. The molecule has 4 heteroatoms. The number of nitrogens with zero attached hydrogens (tertiary/aromatic N) is 2. The number of benzene rings is 2. The van der Waals surface area contributed by atoms with E-state index in [1.807, 2.05) is 53.4 Å². The maximum Gasteiger partial charge on any atom is 0.258 e. The standard InChI is InChI=1S/C23H24N2O2/c1-2-3-15-27-21-12-10-18(11-13-21)23(26)25-17-20-8-6-14-24(20)16-19-7-4-5-9-22(19)25/h4-14H,2-3,15-17H2,1H3. The van der Waals surface area contributed by atoms with Crippen LogP contribution in [0.5, 0.6) is 5.75 Å². The number of hydrogen-bond donors (Lipinski definition) is 0. The average Bonchev–Trinajstić information content (AvgIpc) is 3.07. The maximum atomic E-state index is 13.3. The number of fused-ring (bicyclic) bond motifs is 2. The largest absolute Gasteiger partial charge is 0.494 e. The van der Waals surface area contributed by atoms with Crippen molar-refractivity contribution in [2.75, 3.05) is 11.5 Å². The summed E-state index contributed by atoms with van der Waals surface area (Å²) in [7, 11) is 0. The van der Waals surface area contributed by atoms with Crippen LogP contribution in [0.1, 0.15) is 41.4 Å². The lowest BCUT2D eigenvalue weighted by molar-refractivity contribution is 0.0985. The summed E-state index contributed by atoms with van der Waals surface area (Å²) in [6.45, 7) is 4.20. The Kier molecular flexibility index (Phi) is 4.97. The minimum absolute atomic E-state index is 0.0113. The zero-order valence-corrected chi connectivity index (χ0v) is 15.6. The second-order valence-corrected chi connectivity index (χ2v) is 6.87. The summed E-state index contributed by atoms with van der Waals surface area (Å²) in [6, 6.07) is 19.7. The first-order chi connectivity index (χ1) is 13.3. The fourth-order valence-corrected chi connectivity index (χ4v) is 3.45. The second-order valence-electron chi connectivity index (χ2n) is 6.87. The molecule has 138 valence electrons. The highest BCUT2D eigenvalue weighted by atomic mass is 16.5. The van der Waals surface area contributed by atoms with Gasteiger partial charge in [-0.1, -0.05) is 31.5 Å². The first-order valence-electron chi connectivity index (χ1n) is 9.53. The predicted molar refractivity (Wildman–Crippen MR) is 107 cm³/mol. The topological polar surface area (TPSA) is 34.5 Å². The highest BCUT2D eigenvalue weighted by Crippen LogP contribution is 2.29. The van der Waals surface area contributed by atoms with E-state index < -0.39 is 0 Å². The van der Waals surface area contributed by atoms with Gasteiger partial charge in [0.25, 0.3) is 5.91 Å². The Bertz CT molecular complexity index is 928. The molecule has 0 spiro atoms. The SMILES string of the molecule is CCCCOc1ccc(C(=O)N2Cc3cccn3Cc3ccccc32)cc1. The molecule has 2 aromatic carbocycles. The molecule has 0 bridgehead atoms. The number of aromatic nitrogens is 1. The summed E-state index contributed by atoms with van der Waals surface area (Å²) >= 11 is 0. The van der Waals surface area contributed by atoms with Gasteiger partial charge in [0.2, 0.25) is 0 Å². The van der Waals surface area contributed by atoms with Crippen LogP contribution >= 0.6 is 0 Å². The molecule has 1 aliphatic heterocycles. The Morgan fingerprint density at radius 1 is 1.00 bits per heavy atom. The van der Waals surface area contributed by atoms with Gasteiger partial charge in [-0.3, -0.25) is 4.79 Å². The summed E-state index contributed by atoms with van der Waals surface area (Å²) in [5.74, 6) is 0.822. The molecular formula is C23H24N2O2. The molecule has 27 heavy (non-hydrogen) atoms. The number of amides is 1. The number of carbonyl (C=O) groups excluding carboxylic acids is 1. The molecule has 0 fully saturated rings. The first kappa shape index (κ1) is 17.4. The molecule has 0 aliphatic carbocycles. The minimum Gasteiger partial charge on any atom is -0.494 e. The van der Waals surface area contributed by atoms with Crippen LogP contribution in [-0.2, 0) is 13.1 Å². The number of carbonyl (C=O) groups is 1. The number of unbranched alkanes of at least 4 members (excludes halogenated alkanes) is 1. The Hall–Kier alpha value is -3.01. The van der Waals surface area contributed by atoms with Gasteiger partial charge in [-0.15, -0.1) is 0 Å². The summed E-state index contributed by atoms with van der Waals surface area (Å²) in [5, 5.41) is 0. The van der Waals surface area contributed by atoms with E-state index in [0.29, 0.717) is 18.7 Å². The van der Waals surface area contributed by atoms with Crippen molar-refractivity contribution in [3.05, 3.63) is 83.7 Å². The normalized spacial score (nSPS) is 12.9. The van der Waals surface area contributed by atoms with Crippen molar-refractivity contribution in [3.63, 3.8) is 0 Å². The van der Waals surface area contributed by atoms with Crippen LogP contribution in [0.4, 0.5) is 5.69 Å². The van der Waals surface area contributed by atoms with Crippen LogP contribution in [0.3, 0.4) is 0 Å². The van der Waals surface area contributed by atoms with Crippen LogP contribution in [-0.4, -0.2) is 17.1 Å². The van der Waals surface area contributed by atoms with Crippen molar-refractivity contribution >= 4 is 11.6 Å². The molecule has 1 aromatic heterocycles. The smallest absolute Gasteiger partial charge is 0.258 e. The third kappa shape index (κ3) is 3.61. The predicted octanol–water partition coefficient (Wildman–Crippen LogP) is 4.88. The van der Waals surface area contributed by atoms with Crippen molar-refractivity contribution in [3.8, 4) is 5.75 Å². The molecule has 4 rings (SSSR count). The lowest BCUT2D eigenvalue weighted by Gasteiger charge is -2.23. The highest BCUT2D eigenvalue weighted by Gasteiger charge is 2.24. The number of hydrogen-bond acceptors (Lipinski definition) is 2. The van der Waals surface area contributed by atoms with Crippen molar-refractivity contribution in [2.24, 2.45) is 0 Å². The molecule has 0 N–H and O–H groups in total. The molecule has 0 saturated carbocycles. The number of anilines is 1. The zero-order valence-electron chi connectivity index (χ0n) is 15.6.